The number of hydrogen-bond acceptors (Lipinski definition) is 3. The number of carbonyl (C=O) groups is 1. The molecule has 21 heavy (non-hydrogen) atoms. The molecule has 0 bridgehead atoms. The van der Waals surface area contributed by atoms with Crippen molar-refractivity contribution in [2.75, 3.05) is 18.1 Å². The molecule has 2 fully saturated rings. The Morgan fingerprint density at radius 2 is 2.14 bits per heavy atom. The first kappa shape index (κ1) is 15.5. The van der Waals surface area contributed by atoms with Gasteiger partial charge in [-0.3, -0.25) is 4.79 Å². The molecule has 2 nitrogen and oxygen atoms in total. The monoisotopic (exact) mass is 372 g/mol. The predicted octanol–water partition coefficient (Wildman–Crippen LogP) is 4.46. The van der Waals surface area contributed by atoms with Crippen molar-refractivity contribution in [2.45, 2.75) is 31.3 Å². The second-order valence-corrected chi connectivity index (χ2v) is 7.96. The van der Waals surface area contributed by atoms with Crippen LogP contribution in [-0.4, -0.2) is 29.5 Å². The number of rotatable bonds is 2. The molecule has 0 N–H and O–H groups in total. The number of carbonyl (C=O) groups excluding carboxylic acids is 1. The minimum absolute atomic E-state index is 0.0686. The molecule has 1 aromatic rings. The highest BCUT2D eigenvalue weighted by atomic mass is 79.9. The third kappa shape index (κ3) is 3.35. The van der Waals surface area contributed by atoms with Crippen molar-refractivity contribution in [3.63, 3.8) is 0 Å². The van der Waals surface area contributed by atoms with Crippen molar-refractivity contribution < 1.29 is 13.9 Å². The summed E-state index contributed by atoms with van der Waals surface area (Å²) in [4.78, 5) is 12.6. The Morgan fingerprint density at radius 1 is 1.38 bits per heavy atom. The lowest BCUT2D eigenvalue weighted by Gasteiger charge is -2.42. The summed E-state index contributed by atoms with van der Waals surface area (Å²) < 4.78 is 20.7. The molecule has 1 atom stereocenters. The average molecular weight is 373 g/mol. The van der Waals surface area contributed by atoms with Crippen LogP contribution < -0.4 is 0 Å². The Hall–Kier alpha value is -0.390. The quantitative estimate of drug-likeness (QED) is 0.716. The number of benzene rings is 1. The number of thioether (sulfide) groups is 1. The van der Waals surface area contributed by atoms with E-state index in [1.165, 1.54) is 6.07 Å². The van der Waals surface area contributed by atoms with E-state index in [0.29, 0.717) is 17.5 Å². The maximum atomic E-state index is 14.0. The second-order valence-electron chi connectivity index (χ2n) is 5.82. The first-order valence-electron chi connectivity index (χ1n) is 7.31. The third-order valence-corrected chi connectivity index (χ3v) is 5.94. The summed E-state index contributed by atoms with van der Waals surface area (Å²) in [5.74, 6) is 1.56. The Morgan fingerprint density at radius 3 is 2.86 bits per heavy atom. The van der Waals surface area contributed by atoms with Gasteiger partial charge in [-0.25, -0.2) is 4.39 Å². The fourth-order valence-electron chi connectivity index (χ4n) is 3.25. The van der Waals surface area contributed by atoms with Gasteiger partial charge in [0.25, 0.3) is 0 Å². The van der Waals surface area contributed by atoms with Gasteiger partial charge in [-0.15, -0.1) is 0 Å². The molecule has 1 unspecified atom stereocenters. The van der Waals surface area contributed by atoms with Crippen LogP contribution in [0.4, 0.5) is 4.39 Å². The lowest BCUT2D eigenvalue weighted by atomic mass is 9.78. The molecule has 0 aliphatic carbocycles. The van der Waals surface area contributed by atoms with Gasteiger partial charge in [0.2, 0.25) is 0 Å². The van der Waals surface area contributed by atoms with Gasteiger partial charge in [-0.1, -0.05) is 15.9 Å². The fraction of sp³-hybridized carbons (Fsp3) is 0.562. The van der Waals surface area contributed by atoms with Gasteiger partial charge in [0.1, 0.15) is 5.82 Å². The number of Topliss-reactive ketones (excluding diaryl/α,β-unsaturated/α-hetero) is 1. The SMILES string of the molecule is O=C(c1ccc(Br)cc1F)C1CCOC2(CCSCC2)C1. The van der Waals surface area contributed by atoms with E-state index in [2.05, 4.69) is 15.9 Å². The molecule has 3 rings (SSSR count). The summed E-state index contributed by atoms with van der Waals surface area (Å²) in [6.45, 7) is 0.610. The largest absolute Gasteiger partial charge is 0.375 e. The highest BCUT2D eigenvalue weighted by molar-refractivity contribution is 9.10. The Labute approximate surface area is 137 Å². The Balaban J connectivity index is 1.77. The molecule has 2 heterocycles. The predicted molar refractivity (Wildman–Crippen MR) is 86.4 cm³/mol. The van der Waals surface area contributed by atoms with Crippen LogP contribution in [0.5, 0.6) is 0 Å². The van der Waals surface area contributed by atoms with Gasteiger partial charge in [-0.05, 0) is 55.4 Å². The van der Waals surface area contributed by atoms with E-state index in [1.54, 1.807) is 12.1 Å². The molecule has 2 aliphatic heterocycles. The summed E-state index contributed by atoms with van der Waals surface area (Å²) in [6, 6.07) is 4.67. The van der Waals surface area contributed by atoms with Gasteiger partial charge >= 0.3 is 0 Å². The molecule has 1 spiro atoms. The summed E-state index contributed by atoms with van der Waals surface area (Å²) in [5.41, 5.74) is 0.0702. The van der Waals surface area contributed by atoms with Gasteiger partial charge < -0.3 is 4.74 Å². The molecular formula is C16H18BrFO2S. The van der Waals surface area contributed by atoms with Crippen LogP contribution in [0, 0.1) is 11.7 Å². The number of ether oxygens (including phenoxy) is 1. The van der Waals surface area contributed by atoms with Gasteiger partial charge in [-0.2, -0.15) is 11.8 Å². The van der Waals surface area contributed by atoms with Crippen LogP contribution in [-0.2, 0) is 4.74 Å². The van der Waals surface area contributed by atoms with Crippen molar-refractivity contribution >= 4 is 33.5 Å². The lowest BCUT2D eigenvalue weighted by molar-refractivity contribution is -0.0960. The smallest absolute Gasteiger partial charge is 0.169 e. The maximum Gasteiger partial charge on any atom is 0.169 e. The van der Waals surface area contributed by atoms with E-state index in [-0.39, 0.29) is 22.9 Å². The second kappa shape index (κ2) is 6.39. The van der Waals surface area contributed by atoms with Crippen LogP contribution in [0.25, 0.3) is 0 Å². The van der Waals surface area contributed by atoms with Crippen LogP contribution >= 0.6 is 27.7 Å². The maximum absolute atomic E-state index is 14.0. The average Bonchev–Trinajstić information content (AvgIpc) is 2.47. The van der Waals surface area contributed by atoms with Gasteiger partial charge in [0, 0.05) is 17.0 Å². The van der Waals surface area contributed by atoms with E-state index < -0.39 is 5.82 Å². The van der Waals surface area contributed by atoms with E-state index in [9.17, 15) is 9.18 Å². The number of ketones is 1. The van der Waals surface area contributed by atoms with E-state index in [4.69, 9.17) is 4.74 Å². The molecule has 5 heteroatoms. The number of hydrogen-bond donors (Lipinski definition) is 0. The van der Waals surface area contributed by atoms with Crippen LogP contribution in [0.15, 0.2) is 22.7 Å². The van der Waals surface area contributed by atoms with E-state index in [1.807, 2.05) is 11.8 Å². The van der Waals surface area contributed by atoms with Crippen molar-refractivity contribution in [3.8, 4) is 0 Å². The van der Waals surface area contributed by atoms with Crippen molar-refractivity contribution in [1.29, 1.82) is 0 Å². The minimum Gasteiger partial charge on any atom is -0.375 e. The van der Waals surface area contributed by atoms with Crippen molar-refractivity contribution in [2.24, 2.45) is 5.92 Å². The van der Waals surface area contributed by atoms with E-state index in [0.717, 1.165) is 30.8 Å². The Bertz CT molecular complexity index is 538. The molecule has 114 valence electrons. The van der Waals surface area contributed by atoms with Gasteiger partial charge in [0.05, 0.1) is 11.2 Å². The molecule has 2 saturated heterocycles. The first-order chi connectivity index (χ1) is 10.1. The topological polar surface area (TPSA) is 26.3 Å². The zero-order chi connectivity index (χ0) is 14.9. The molecule has 2 aliphatic rings. The van der Waals surface area contributed by atoms with Gasteiger partial charge in [0.15, 0.2) is 5.78 Å². The molecule has 0 aromatic heterocycles. The van der Waals surface area contributed by atoms with Crippen LogP contribution in [0.1, 0.15) is 36.0 Å². The zero-order valence-corrected chi connectivity index (χ0v) is 14.1. The molecule has 0 radical (unpaired) electrons. The van der Waals surface area contributed by atoms with Crippen molar-refractivity contribution in [1.82, 2.24) is 0 Å². The summed E-state index contributed by atoms with van der Waals surface area (Å²) in [5, 5.41) is 0. The van der Waals surface area contributed by atoms with Crippen molar-refractivity contribution in [3.05, 3.63) is 34.1 Å². The van der Waals surface area contributed by atoms with Crippen LogP contribution in [0.3, 0.4) is 0 Å². The first-order valence-corrected chi connectivity index (χ1v) is 9.25. The summed E-state index contributed by atoms with van der Waals surface area (Å²) in [7, 11) is 0. The fourth-order valence-corrected chi connectivity index (χ4v) is 4.82. The normalized spacial score (nSPS) is 25.0. The standard InChI is InChI=1S/C16H18BrFO2S/c17-12-1-2-13(14(18)9-12)15(19)11-3-6-20-16(10-11)4-7-21-8-5-16/h1-2,9,11H,3-8,10H2. The summed E-state index contributed by atoms with van der Waals surface area (Å²) in [6.07, 6.45) is 3.44. The van der Waals surface area contributed by atoms with Crippen LogP contribution in [0.2, 0.25) is 0 Å². The highest BCUT2D eigenvalue weighted by Gasteiger charge is 2.41. The molecule has 1 aromatic carbocycles. The molecule has 0 saturated carbocycles. The van der Waals surface area contributed by atoms with E-state index >= 15 is 0 Å². The molecule has 0 amide bonds. The third-order valence-electron chi connectivity index (χ3n) is 4.46. The minimum atomic E-state index is -0.436. The lowest BCUT2D eigenvalue weighted by Crippen LogP contribution is -2.44. The zero-order valence-electron chi connectivity index (χ0n) is 11.7. The number of halogens is 2. The highest BCUT2D eigenvalue weighted by Crippen LogP contribution is 2.40. The molecular weight excluding hydrogens is 355 g/mol. The Kier molecular flexibility index (Phi) is 4.71. The summed E-state index contributed by atoms with van der Waals surface area (Å²) >= 11 is 5.17.